The molecule has 3 aromatic rings. The van der Waals surface area contributed by atoms with Crippen molar-refractivity contribution in [3.8, 4) is 10.7 Å². The van der Waals surface area contributed by atoms with E-state index >= 15 is 0 Å². The van der Waals surface area contributed by atoms with Crippen LogP contribution >= 0.6 is 11.3 Å². The lowest BCUT2D eigenvalue weighted by atomic mass is 10.1. The van der Waals surface area contributed by atoms with E-state index in [4.69, 9.17) is 0 Å². The second-order valence-corrected chi connectivity index (χ2v) is 8.39. The number of carbonyl (C=O) groups is 1. The number of nitrogens with zero attached hydrogens (tertiary/aromatic N) is 4. The lowest BCUT2D eigenvalue weighted by Gasteiger charge is -2.35. The van der Waals surface area contributed by atoms with Gasteiger partial charge in [0.05, 0.1) is 11.4 Å². The number of piperazine rings is 1. The van der Waals surface area contributed by atoms with E-state index in [1.165, 1.54) is 22.6 Å². The van der Waals surface area contributed by atoms with Crippen LogP contribution in [0.1, 0.15) is 20.9 Å². The van der Waals surface area contributed by atoms with Crippen molar-refractivity contribution in [1.29, 1.82) is 0 Å². The van der Waals surface area contributed by atoms with Gasteiger partial charge in [-0.2, -0.15) is 0 Å². The van der Waals surface area contributed by atoms with Crippen LogP contribution in [-0.4, -0.2) is 54.0 Å². The molecule has 0 unspecified atom stereocenters. The van der Waals surface area contributed by atoms with E-state index in [2.05, 4.69) is 45.1 Å². The fourth-order valence-corrected chi connectivity index (χ4v) is 4.47. The van der Waals surface area contributed by atoms with Gasteiger partial charge < -0.3 is 15.1 Å². The molecule has 0 atom stereocenters. The molecular weight excluding hydrogens is 382 g/mol. The predicted molar refractivity (Wildman–Crippen MR) is 119 cm³/mol. The SMILES string of the molecule is Cc1cc(NC(=O)c2sc(-c3ccccn3)nc2C)ccc1N1CCN(C)CC1. The van der Waals surface area contributed by atoms with Crippen molar-refractivity contribution in [3.63, 3.8) is 0 Å². The number of hydrogen-bond donors (Lipinski definition) is 1. The third-order valence-corrected chi connectivity index (χ3v) is 6.36. The summed E-state index contributed by atoms with van der Waals surface area (Å²) in [7, 11) is 2.16. The van der Waals surface area contributed by atoms with E-state index in [1.807, 2.05) is 37.3 Å². The van der Waals surface area contributed by atoms with Gasteiger partial charge in [-0.3, -0.25) is 9.78 Å². The molecule has 1 fully saturated rings. The summed E-state index contributed by atoms with van der Waals surface area (Å²) in [4.78, 5) is 27.1. The van der Waals surface area contributed by atoms with Crippen LogP contribution in [-0.2, 0) is 0 Å². The summed E-state index contributed by atoms with van der Waals surface area (Å²) in [5.41, 5.74) is 4.72. The number of carbonyl (C=O) groups excluding carboxylic acids is 1. The highest BCUT2D eigenvalue weighted by atomic mass is 32.1. The van der Waals surface area contributed by atoms with E-state index in [0.717, 1.165) is 48.3 Å². The van der Waals surface area contributed by atoms with E-state index in [9.17, 15) is 4.79 Å². The number of aromatic nitrogens is 2. The molecule has 1 amide bonds. The molecule has 0 bridgehead atoms. The minimum absolute atomic E-state index is 0.131. The molecule has 1 aliphatic heterocycles. The highest BCUT2D eigenvalue weighted by Crippen LogP contribution is 2.28. The molecule has 1 aromatic carbocycles. The van der Waals surface area contributed by atoms with Gasteiger partial charge in [0.2, 0.25) is 0 Å². The quantitative estimate of drug-likeness (QED) is 0.712. The number of aryl methyl sites for hydroxylation is 2. The smallest absolute Gasteiger partial charge is 0.267 e. The zero-order valence-electron chi connectivity index (χ0n) is 17.0. The van der Waals surface area contributed by atoms with Crippen molar-refractivity contribution in [2.75, 3.05) is 43.4 Å². The first-order valence-corrected chi connectivity index (χ1v) is 10.6. The van der Waals surface area contributed by atoms with Crippen LogP contribution in [0.2, 0.25) is 0 Å². The summed E-state index contributed by atoms with van der Waals surface area (Å²) in [6, 6.07) is 11.8. The molecule has 0 aliphatic carbocycles. The second kappa shape index (κ2) is 8.31. The molecule has 1 N–H and O–H groups in total. The Morgan fingerprint density at radius 1 is 1.10 bits per heavy atom. The van der Waals surface area contributed by atoms with E-state index in [1.54, 1.807) is 6.20 Å². The lowest BCUT2D eigenvalue weighted by molar-refractivity contribution is 0.103. The maximum atomic E-state index is 12.8. The largest absolute Gasteiger partial charge is 0.369 e. The second-order valence-electron chi connectivity index (χ2n) is 7.39. The topological polar surface area (TPSA) is 61.4 Å². The van der Waals surface area contributed by atoms with Gasteiger partial charge in [-0.25, -0.2) is 4.98 Å². The van der Waals surface area contributed by atoms with Crippen molar-refractivity contribution in [1.82, 2.24) is 14.9 Å². The van der Waals surface area contributed by atoms with Gasteiger partial charge in [0.25, 0.3) is 5.91 Å². The third kappa shape index (κ3) is 4.31. The van der Waals surface area contributed by atoms with Gasteiger partial charge in [-0.1, -0.05) is 6.07 Å². The highest BCUT2D eigenvalue weighted by molar-refractivity contribution is 7.17. The molecule has 3 heterocycles. The number of likely N-dealkylation sites (N-methyl/N-ethyl adjacent to an activating group) is 1. The van der Waals surface area contributed by atoms with Crippen LogP contribution in [0.3, 0.4) is 0 Å². The molecule has 0 saturated carbocycles. The number of thiazole rings is 1. The standard InChI is InChI=1S/C22H25N5OS/c1-15-14-17(7-8-19(15)27-12-10-26(3)11-13-27)25-21(28)20-16(2)24-22(29-20)18-6-4-5-9-23-18/h4-9,14H,10-13H2,1-3H3,(H,25,28). The average molecular weight is 408 g/mol. The number of benzene rings is 1. The van der Waals surface area contributed by atoms with Crippen molar-refractivity contribution in [3.05, 3.63) is 58.7 Å². The zero-order chi connectivity index (χ0) is 20.4. The highest BCUT2D eigenvalue weighted by Gasteiger charge is 2.19. The Labute approximate surface area is 175 Å². The molecule has 0 spiro atoms. The normalized spacial score (nSPS) is 14.8. The Bertz CT molecular complexity index is 1010. The van der Waals surface area contributed by atoms with Crippen molar-refractivity contribution < 1.29 is 4.79 Å². The van der Waals surface area contributed by atoms with E-state index in [-0.39, 0.29) is 5.91 Å². The summed E-state index contributed by atoms with van der Waals surface area (Å²) in [5, 5.41) is 3.79. The first-order valence-electron chi connectivity index (χ1n) is 9.75. The molecule has 1 aliphatic rings. The van der Waals surface area contributed by atoms with Crippen molar-refractivity contribution in [2.45, 2.75) is 13.8 Å². The van der Waals surface area contributed by atoms with Gasteiger partial charge in [-0.15, -0.1) is 11.3 Å². The number of pyridine rings is 1. The van der Waals surface area contributed by atoms with Gasteiger partial charge in [0.15, 0.2) is 0 Å². The maximum Gasteiger partial charge on any atom is 0.267 e. The van der Waals surface area contributed by atoms with Gasteiger partial charge in [0, 0.05) is 43.8 Å². The van der Waals surface area contributed by atoms with Crippen molar-refractivity contribution in [2.24, 2.45) is 0 Å². The minimum atomic E-state index is -0.131. The van der Waals surface area contributed by atoms with Crippen LogP contribution in [0.4, 0.5) is 11.4 Å². The minimum Gasteiger partial charge on any atom is -0.369 e. The number of rotatable bonds is 4. The Hall–Kier alpha value is -2.77. The number of nitrogens with one attached hydrogen (secondary N) is 1. The first-order chi connectivity index (χ1) is 14.0. The fourth-order valence-electron chi connectivity index (χ4n) is 3.53. The molecule has 150 valence electrons. The van der Waals surface area contributed by atoms with Crippen LogP contribution < -0.4 is 10.2 Å². The maximum absolute atomic E-state index is 12.8. The van der Waals surface area contributed by atoms with E-state index in [0.29, 0.717) is 4.88 Å². The van der Waals surface area contributed by atoms with Crippen molar-refractivity contribution >= 4 is 28.6 Å². The molecule has 4 rings (SSSR count). The molecule has 29 heavy (non-hydrogen) atoms. The van der Waals surface area contributed by atoms with Crippen LogP contribution in [0.5, 0.6) is 0 Å². The monoisotopic (exact) mass is 407 g/mol. The number of hydrogen-bond acceptors (Lipinski definition) is 6. The lowest BCUT2D eigenvalue weighted by Crippen LogP contribution is -2.44. The Balaban J connectivity index is 1.49. The molecule has 7 heteroatoms. The van der Waals surface area contributed by atoms with Crippen LogP contribution in [0.15, 0.2) is 42.6 Å². The van der Waals surface area contributed by atoms with E-state index < -0.39 is 0 Å². The number of anilines is 2. The summed E-state index contributed by atoms with van der Waals surface area (Å²) in [6.07, 6.45) is 1.73. The Kier molecular flexibility index (Phi) is 5.60. The summed E-state index contributed by atoms with van der Waals surface area (Å²) < 4.78 is 0. The Morgan fingerprint density at radius 2 is 1.90 bits per heavy atom. The summed E-state index contributed by atoms with van der Waals surface area (Å²) in [6.45, 7) is 8.15. The molecular formula is C22H25N5OS. The van der Waals surface area contributed by atoms with Crippen LogP contribution in [0, 0.1) is 13.8 Å². The molecule has 0 radical (unpaired) electrons. The van der Waals surface area contributed by atoms with Crippen LogP contribution in [0.25, 0.3) is 10.7 Å². The first kappa shape index (κ1) is 19.5. The molecule has 6 nitrogen and oxygen atoms in total. The van der Waals surface area contributed by atoms with Gasteiger partial charge in [-0.05, 0) is 56.8 Å². The number of amides is 1. The Morgan fingerprint density at radius 3 is 2.59 bits per heavy atom. The predicted octanol–water partition coefficient (Wildman–Crippen LogP) is 3.83. The third-order valence-electron chi connectivity index (χ3n) is 5.19. The summed E-state index contributed by atoms with van der Waals surface area (Å²) in [5.74, 6) is -0.131. The molecule has 1 saturated heterocycles. The van der Waals surface area contributed by atoms with Gasteiger partial charge in [0.1, 0.15) is 9.88 Å². The average Bonchev–Trinajstić information content (AvgIpc) is 3.12. The zero-order valence-corrected chi connectivity index (χ0v) is 17.8. The summed E-state index contributed by atoms with van der Waals surface area (Å²) >= 11 is 1.37. The fraction of sp³-hybridized carbons (Fsp3) is 0.318. The molecule has 2 aromatic heterocycles. The van der Waals surface area contributed by atoms with Gasteiger partial charge >= 0.3 is 0 Å².